The number of benzene rings is 1. The molecule has 222 valence electrons. The molecule has 2 atom stereocenters. The summed E-state index contributed by atoms with van der Waals surface area (Å²) in [7, 11) is 3.66. The summed E-state index contributed by atoms with van der Waals surface area (Å²) in [6.07, 6.45) is 8.34. The van der Waals surface area contributed by atoms with Gasteiger partial charge in [0.25, 0.3) is 0 Å². The van der Waals surface area contributed by atoms with Crippen LogP contribution in [0.1, 0.15) is 54.8 Å². The lowest BCUT2D eigenvalue weighted by Crippen LogP contribution is -2.58. The van der Waals surface area contributed by atoms with Crippen LogP contribution in [-0.4, -0.2) is 71.1 Å². The number of likely N-dealkylation sites (tertiary alicyclic amines) is 1. The number of aliphatic imine (C=N–C) groups is 2. The largest absolute Gasteiger partial charge is 0.490 e. The number of hydrogen-bond acceptors (Lipinski definition) is 8. The van der Waals surface area contributed by atoms with Crippen LogP contribution in [0.3, 0.4) is 0 Å². The zero-order valence-corrected chi connectivity index (χ0v) is 23.8. The van der Waals surface area contributed by atoms with Gasteiger partial charge in [0.05, 0.1) is 41.7 Å². The molecule has 4 aliphatic rings. The number of nitrogens with zero attached hydrogens (tertiary/aromatic N) is 7. The van der Waals surface area contributed by atoms with Crippen molar-refractivity contribution in [1.82, 2.24) is 24.9 Å². The van der Waals surface area contributed by atoms with Crippen LogP contribution in [0.25, 0.3) is 0 Å². The maximum Gasteiger partial charge on any atom is 0.416 e. The predicted octanol–water partition coefficient (Wildman–Crippen LogP) is 4.49. The number of nitriles is 1. The molecule has 1 saturated heterocycles. The summed E-state index contributed by atoms with van der Waals surface area (Å²) in [4.78, 5) is 13.2. The highest BCUT2D eigenvalue weighted by Crippen LogP contribution is 2.46. The molecule has 0 spiro atoms. The first kappa shape index (κ1) is 28.4. The van der Waals surface area contributed by atoms with Gasteiger partial charge in [-0.3, -0.25) is 14.6 Å². The van der Waals surface area contributed by atoms with Crippen LogP contribution >= 0.6 is 0 Å². The number of ether oxygens (including phenoxy) is 1. The SMILES string of the molecule is CN(C)Cc1cc(OC2CCN(C3CC(CC#N)(n4cc(C5N=CN=C6NC=CC65)cn4)C3)CC2)cc(C(F)(F)F)c1. The normalized spacial score (nSPS) is 27.7. The minimum atomic E-state index is -4.43. The Labute approximate surface area is 243 Å². The van der Waals surface area contributed by atoms with Crippen molar-refractivity contribution < 1.29 is 17.9 Å². The summed E-state index contributed by atoms with van der Waals surface area (Å²) < 4.78 is 48.6. The molecular formula is C30H35F3N8O. The zero-order valence-electron chi connectivity index (χ0n) is 23.8. The Morgan fingerprint density at radius 2 is 1.98 bits per heavy atom. The molecule has 4 heterocycles. The Morgan fingerprint density at radius 1 is 1.19 bits per heavy atom. The van der Waals surface area contributed by atoms with E-state index in [0.29, 0.717) is 24.6 Å². The number of amidine groups is 1. The molecular weight excluding hydrogens is 545 g/mol. The number of halogens is 3. The summed E-state index contributed by atoms with van der Waals surface area (Å²) in [6.45, 7) is 2.00. The van der Waals surface area contributed by atoms with Gasteiger partial charge in [-0.15, -0.1) is 0 Å². The van der Waals surface area contributed by atoms with Gasteiger partial charge in [0, 0.05) is 37.4 Å². The fraction of sp³-hybridized carbons (Fsp3) is 0.533. The van der Waals surface area contributed by atoms with E-state index in [1.54, 1.807) is 12.4 Å². The molecule has 0 amide bonds. The lowest BCUT2D eigenvalue weighted by atomic mass is 9.69. The first-order chi connectivity index (χ1) is 20.1. The average Bonchev–Trinajstić information content (AvgIpc) is 3.60. The van der Waals surface area contributed by atoms with E-state index >= 15 is 0 Å². The zero-order chi connectivity index (χ0) is 29.5. The van der Waals surface area contributed by atoms with Crippen molar-refractivity contribution in [3.8, 4) is 11.8 Å². The molecule has 2 unspecified atom stereocenters. The molecule has 1 saturated carbocycles. The van der Waals surface area contributed by atoms with Crippen LogP contribution in [0.5, 0.6) is 5.75 Å². The van der Waals surface area contributed by atoms with E-state index in [1.807, 2.05) is 42.3 Å². The molecule has 1 aromatic heterocycles. The third kappa shape index (κ3) is 5.68. The standard InChI is InChI=1S/C30H35F3N8O/c1-39(2)17-20-11-22(30(31,32)33)13-25(12-20)42-24-4-9-40(10-5-24)23-14-29(15-23,6-7-34)41-18-21(16-38-41)27-26-3-8-35-28(26)37-19-36-27/h3,8,11-13,16,18-19,23-24,26-27H,4-6,9-10,14-15,17H2,1-2H3,(H,35,36,37). The summed E-state index contributed by atoms with van der Waals surface area (Å²) in [5, 5.41) is 17.5. The molecule has 0 bridgehead atoms. The number of hydrogen-bond donors (Lipinski definition) is 1. The van der Waals surface area contributed by atoms with Crippen molar-refractivity contribution >= 4 is 12.2 Å². The maximum absolute atomic E-state index is 13.5. The highest BCUT2D eigenvalue weighted by Gasteiger charge is 2.49. The molecule has 2 fully saturated rings. The summed E-state index contributed by atoms with van der Waals surface area (Å²) in [6, 6.07) is 6.61. The lowest BCUT2D eigenvalue weighted by Gasteiger charge is -2.52. The van der Waals surface area contributed by atoms with Crippen molar-refractivity contribution in [2.45, 2.75) is 68.6 Å². The maximum atomic E-state index is 13.5. The minimum Gasteiger partial charge on any atom is -0.490 e. The first-order valence-corrected chi connectivity index (χ1v) is 14.3. The highest BCUT2D eigenvalue weighted by atomic mass is 19.4. The Morgan fingerprint density at radius 3 is 2.69 bits per heavy atom. The van der Waals surface area contributed by atoms with Gasteiger partial charge in [0.2, 0.25) is 0 Å². The third-order valence-electron chi connectivity index (χ3n) is 8.77. The second kappa shape index (κ2) is 11.2. The van der Waals surface area contributed by atoms with Gasteiger partial charge in [-0.05, 0) is 69.7 Å². The first-order valence-electron chi connectivity index (χ1n) is 14.3. The van der Waals surface area contributed by atoms with Crippen LogP contribution in [0, 0.1) is 17.2 Å². The smallest absolute Gasteiger partial charge is 0.416 e. The van der Waals surface area contributed by atoms with Crippen molar-refractivity contribution in [2.24, 2.45) is 15.9 Å². The minimum absolute atomic E-state index is 0.0627. The summed E-state index contributed by atoms with van der Waals surface area (Å²) >= 11 is 0. The van der Waals surface area contributed by atoms with E-state index in [0.717, 1.165) is 56.2 Å². The Balaban J connectivity index is 1.07. The van der Waals surface area contributed by atoms with Crippen LogP contribution in [0.4, 0.5) is 13.2 Å². The van der Waals surface area contributed by atoms with Gasteiger partial charge in [-0.25, -0.2) is 4.99 Å². The number of fused-ring (bicyclic) bond motifs is 1. The van der Waals surface area contributed by atoms with Crippen molar-refractivity contribution in [3.63, 3.8) is 0 Å². The molecule has 42 heavy (non-hydrogen) atoms. The average molecular weight is 581 g/mol. The van der Waals surface area contributed by atoms with Gasteiger partial charge < -0.3 is 15.0 Å². The second-order valence-electron chi connectivity index (χ2n) is 12.0. The van der Waals surface area contributed by atoms with Gasteiger partial charge in [0.15, 0.2) is 0 Å². The number of alkyl halides is 3. The van der Waals surface area contributed by atoms with E-state index in [4.69, 9.17) is 9.84 Å². The lowest BCUT2D eigenvalue weighted by molar-refractivity contribution is -0.137. The van der Waals surface area contributed by atoms with E-state index in [2.05, 4.69) is 32.3 Å². The molecule has 2 aromatic rings. The number of nitrogens with one attached hydrogen (secondary N) is 1. The molecule has 1 N–H and O–H groups in total. The van der Waals surface area contributed by atoms with Crippen molar-refractivity contribution in [1.29, 1.82) is 5.26 Å². The molecule has 9 nitrogen and oxygen atoms in total. The number of aromatic nitrogens is 2. The van der Waals surface area contributed by atoms with E-state index in [1.165, 1.54) is 6.07 Å². The van der Waals surface area contributed by atoms with Crippen LogP contribution < -0.4 is 10.1 Å². The quantitative estimate of drug-likeness (QED) is 0.495. The van der Waals surface area contributed by atoms with Crippen molar-refractivity contribution in [2.75, 3.05) is 27.2 Å². The molecule has 12 heteroatoms. The third-order valence-corrected chi connectivity index (χ3v) is 8.77. The highest BCUT2D eigenvalue weighted by molar-refractivity contribution is 5.96. The van der Waals surface area contributed by atoms with E-state index < -0.39 is 11.7 Å². The molecule has 1 aromatic carbocycles. The fourth-order valence-electron chi connectivity index (χ4n) is 6.64. The topological polar surface area (TPSA) is 94.1 Å². The van der Waals surface area contributed by atoms with Crippen molar-refractivity contribution in [3.05, 3.63) is 59.6 Å². The van der Waals surface area contributed by atoms with E-state index in [9.17, 15) is 18.4 Å². The fourth-order valence-corrected chi connectivity index (χ4v) is 6.64. The number of rotatable bonds is 8. The van der Waals surface area contributed by atoms with E-state index in [-0.39, 0.29) is 29.4 Å². The van der Waals surface area contributed by atoms with Gasteiger partial charge in [0.1, 0.15) is 24.0 Å². The molecule has 1 aliphatic carbocycles. The van der Waals surface area contributed by atoms with Crippen LogP contribution in [0.15, 0.2) is 52.9 Å². The molecule has 6 rings (SSSR count). The van der Waals surface area contributed by atoms with Gasteiger partial charge >= 0.3 is 6.18 Å². The molecule has 0 radical (unpaired) electrons. The summed E-state index contributed by atoms with van der Waals surface area (Å²) in [5.41, 5.74) is 0.538. The number of piperidine rings is 1. The monoisotopic (exact) mass is 580 g/mol. The van der Waals surface area contributed by atoms with Crippen LogP contribution in [-0.2, 0) is 18.3 Å². The second-order valence-corrected chi connectivity index (χ2v) is 12.0. The van der Waals surface area contributed by atoms with Gasteiger partial charge in [-0.2, -0.15) is 23.5 Å². The Kier molecular flexibility index (Phi) is 7.57. The van der Waals surface area contributed by atoms with Gasteiger partial charge in [-0.1, -0.05) is 6.08 Å². The predicted molar refractivity (Wildman–Crippen MR) is 152 cm³/mol. The summed E-state index contributed by atoms with van der Waals surface area (Å²) in [5.74, 6) is 1.22. The van der Waals surface area contributed by atoms with Crippen LogP contribution in [0.2, 0.25) is 0 Å². The Hall–Kier alpha value is -3.69. The molecule has 3 aliphatic heterocycles. The Bertz CT molecular complexity index is 1420.